The third-order valence-corrected chi connectivity index (χ3v) is 3.04. The van der Waals surface area contributed by atoms with E-state index in [0.717, 1.165) is 0 Å². The van der Waals surface area contributed by atoms with Gasteiger partial charge in [-0.1, -0.05) is 0 Å². The first-order valence-electron chi connectivity index (χ1n) is 7.99. The van der Waals surface area contributed by atoms with E-state index < -0.39 is 53.3 Å². The Kier molecular flexibility index (Phi) is 7.32. The second kappa shape index (κ2) is 8.70. The lowest BCUT2D eigenvalue weighted by Gasteiger charge is -2.19. The van der Waals surface area contributed by atoms with Crippen molar-refractivity contribution in [1.82, 2.24) is 5.32 Å². The molecule has 0 saturated heterocycles. The fraction of sp³-hybridized carbons (Fsp3) is 0.529. The number of ether oxygens (including phenoxy) is 2. The maximum Gasteiger partial charge on any atom is 0.416 e. The van der Waals surface area contributed by atoms with Crippen LogP contribution >= 0.6 is 0 Å². The van der Waals surface area contributed by atoms with Crippen molar-refractivity contribution in [3.05, 3.63) is 34.9 Å². The van der Waals surface area contributed by atoms with Crippen molar-refractivity contribution in [2.24, 2.45) is 0 Å². The fourth-order valence-electron chi connectivity index (χ4n) is 1.96. The highest BCUT2D eigenvalue weighted by molar-refractivity contribution is 5.72. The number of carbonyl (C=O) groups is 2. The van der Waals surface area contributed by atoms with Gasteiger partial charge in [-0.3, -0.25) is 4.79 Å². The zero-order valence-corrected chi connectivity index (χ0v) is 15.3. The van der Waals surface area contributed by atoms with Gasteiger partial charge in [-0.25, -0.2) is 4.79 Å². The number of alkyl halides is 6. The van der Waals surface area contributed by atoms with E-state index in [0.29, 0.717) is 12.1 Å². The molecule has 0 saturated carbocycles. The lowest BCUT2D eigenvalue weighted by molar-refractivity contribution is -0.154. The van der Waals surface area contributed by atoms with Crippen LogP contribution in [0.15, 0.2) is 18.2 Å². The summed E-state index contributed by atoms with van der Waals surface area (Å²) in [6.45, 7) is 3.96. The van der Waals surface area contributed by atoms with Crippen LogP contribution in [-0.4, -0.2) is 24.2 Å². The Morgan fingerprint density at radius 2 is 1.43 bits per heavy atom. The van der Waals surface area contributed by atoms with Crippen LogP contribution in [0.25, 0.3) is 0 Å². The average Bonchev–Trinajstić information content (AvgIpc) is 2.49. The van der Waals surface area contributed by atoms with Gasteiger partial charge in [0.25, 0.3) is 0 Å². The lowest BCUT2D eigenvalue weighted by atomic mass is 10.1. The zero-order valence-electron chi connectivity index (χ0n) is 15.3. The molecule has 0 radical (unpaired) electrons. The first-order valence-corrected chi connectivity index (χ1v) is 7.99. The molecule has 0 fully saturated rings. The van der Waals surface area contributed by atoms with E-state index >= 15 is 0 Å². The second-order valence-electron chi connectivity index (χ2n) is 6.75. The molecule has 0 aliphatic heterocycles. The Labute approximate surface area is 157 Å². The molecule has 0 spiro atoms. The van der Waals surface area contributed by atoms with Crippen LogP contribution in [0.1, 0.15) is 43.9 Å². The Balaban J connectivity index is 2.66. The molecule has 1 aromatic rings. The number of hydrogen-bond donors (Lipinski definition) is 1. The predicted octanol–water partition coefficient (Wildman–Crippen LogP) is 4.68. The van der Waals surface area contributed by atoms with Gasteiger partial charge >= 0.3 is 24.4 Å². The molecule has 0 unspecified atom stereocenters. The molecule has 11 heteroatoms. The zero-order chi connectivity index (χ0) is 21.8. The summed E-state index contributed by atoms with van der Waals surface area (Å²) >= 11 is 0. The number of amides is 1. The number of benzene rings is 1. The van der Waals surface area contributed by atoms with Crippen LogP contribution < -0.4 is 5.32 Å². The number of rotatable bonds is 5. The van der Waals surface area contributed by atoms with Crippen molar-refractivity contribution in [3.63, 3.8) is 0 Å². The minimum atomic E-state index is -4.99. The first-order chi connectivity index (χ1) is 12.6. The van der Waals surface area contributed by atoms with E-state index in [1.807, 2.05) is 0 Å². The molecular weight excluding hydrogens is 396 g/mol. The SMILES string of the molecule is CC(C)(C)OC(=O)CCNC(=O)OCc1cc(C(F)(F)F)cc(C(F)(F)F)c1. The van der Waals surface area contributed by atoms with Gasteiger partial charge in [0.15, 0.2) is 0 Å². The maximum atomic E-state index is 12.8. The van der Waals surface area contributed by atoms with Crippen molar-refractivity contribution in [3.8, 4) is 0 Å². The molecule has 0 aliphatic rings. The van der Waals surface area contributed by atoms with Gasteiger partial charge in [-0.05, 0) is 44.5 Å². The molecule has 0 atom stereocenters. The van der Waals surface area contributed by atoms with Gasteiger partial charge in [0, 0.05) is 6.54 Å². The monoisotopic (exact) mass is 415 g/mol. The van der Waals surface area contributed by atoms with Crippen LogP contribution in [0, 0.1) is 0 Å². The van der Waals surface area contributed by atoms with Gasteiger partial charge < -0.3 is 14.8 Å². The highest BCUT2D eigenvalue weighted by Gasteiger charge is 2.36. The standard InChI is InChI=1S/C17H19F6NO4/c1-15(2,3)28-13(25)4-5-24-14(26)27-9-10-6-11(16(18,19)20)8-12(7-10)17(21,22)23/h6-8H,4-5,9H2,1-3H3,(H,24,26). The summed E-state index contributed by atoms with van der Waals surface area (Å²) in [4.78, 5) is 23.0. The van der Waals surface area contributed by atoms with E-state index in [-0.39, 0.29) is 19.0 Å². The van der Waals surface area contributed by atoms with Crippen molar-refractivity contribution >= 4 is 12.1 Å². The number of nitrogens with one attached hydrogen (secondary N) is 1. The Morgan fingerprint density at radius 3 is 1.86 bits per heavy atom. The number of esters is 1. The van der Waals surface area contributed by atoms with Gasteiger partial charge in [0.2, 0.25) is 0 Å². The van der Waals surface area contributed by atoms with Crippen LogP contribution in [0.4, 0.5) is 31.1 Å². The Bertz CT molecular complexity index is 675. The van der Waals surface area contributed by atoms with E-state index in [9.17, 15) is 35.9 Å². The minimum absolute atomic E-state index is 0.0234. The molecule has 5 nitrogen and oxygen atoms in total. The number of hydrogen-bond acceptors (Lipinski definition) is 4. The molecule has 0 aromatic heterocycles. The van der Waals surface area contributed by atoms with E-state index in [2.05, 4.69) is 10.1 Å². The third kappa shape index (κ3) is 8.49. The van der Waals surface area contributed by atoms with Crippen molar-refractivity contribution in [2.45, 2.75) is 51.8 Å². The number of carbonyl (C=O) groups excluding carboxylic acids is 2. The van der Waals surface area contributed by atoms with Gasteiger partial charge in [-0.2, -0.15) is 26.3 Å². The third-order valence-electron chi connectivity index (χ3n) is 3.04. The summed E-state index contributed by atoms with van der Waals surface area (Å²) in [7, 11) is 0. The van der Waals surface area contributed by atoms with E-state index in [1.54, 1.807) is 20.8 Å². The first kappa shape index (κ1) is 23.6. The van der Waals surface area contributed by atoms with Crippen LogP contribution in [-0.2, 0) is 33.2 Å². The Morgan fingerprint density at radius 1 is 0.929 bits per heavy atom. The van der Waals surface area contributed by atoms with E-state index in [1.165, 1.54) is 0 Å². The molecule has 1 amide bonds. The summed E-state index contributed by atoms with van der Waals surface area (Å²) in [6, 6.07) is 0.900. The van der Waals surface area contributed by atoms with Crippen LogP contribution in [0.5, 0.6) is 0 Å². The summed E-state index contributed by atoms with van der Waals surface area (Å²) in [5, 5.41) is 2.15. The fourth-order valence-corrected chi connectivity index (χ4v) is 1.96. The molecule has 1 aromatic carbocycles. The molecule has 28 heavy (non-hydrogen) atoms. The Hall–Kier alpha value is -2.46. The van der Waals surface area contributed by atoms with Gasteiger partial charge in [-0.15, -0.1) is 0 Å². The summed E-state index contributed by atoms with van der Waals surface area (Å²) in [5.74, 6) is -0.597. The predicted molar refractivity (Wildman–Crippen MR) is 85.1 cm³/mol. The van der Waals surface area contributed by atoms with Crippen molar-refractivity contribution in [2.75, 3.05) is 6.54 Å². The smallest absolute Gasteiger partial charge is 0.416 e. The summed E-state index contributed by atoms with van der Waals surface area (Å²) in [5.41, 5.74) is -4.21. The molecular formula is C17H19F6NO4. The molecule has 1 rings (SSSR count). The summed E-state index contributed by atoms with van der Waals surface area (Å²) < 4.78 is 86.2. The quantitative estimate of drug-likeness (QED) is 0.560. The molecule has 1 N–H and O–H groups in total. The molecule has 158 valence electrons. The number of alkyl carbamates (subject to hydrolysis) is 1. The average molecular weight is 415 g/mol. The maximum absolute atomic E-state index is 12.8. The largest absolute Gasteiger partial charge is 0.460 e. The van der Waals surface area contributed by atoms with Crippen molar-refractivity contribution in [1.29, 1.82) is 0 Å². The van der Waals surface area contributed by atoms with Crippen LogP contribution in [0.2, 0.25) is 0 Å². The highest BCUT2D eigenvalue weighted by atomic mass is 19.4. The molecule has 0 heterocycles. The second-order valence-corrected chi connectivity index (χ2v) is 6.75. The normalized spacial score (nSPS) is 12.5. The minimum Gasteiger partial charge on any atom is -0.460 e. The van der Waals surface area contributed by atoms with E-state index in [4.69, 9.17) is 4.74 Å². The lowest BCUT2D eigenvalue weighted by Crippen LogP contribution is -2.30. The van der Waals surface area contributed by atoms with Crippen LogP contribution in [0.3, 0.4) is 0 Å². The molecule has 0 aliphatic carbocycles. The summed E-state index contributed by atoms with van der Waals surface area (Å²) in [6.07, 6.45) is -11.3. The van der Waals surface area contributed by atoms with Gasteiger partial charge in [0.05, 0.1) is 17.5 Å². The highest BCUT2D eigenvalue weighted by Crippen LogP contribution is 2.36. The van der Waals surface area contributed by atoms with Gasteiger partial charge in [0.1, 0.15) is 12.2 Å². The topological polar surface area (TPSA) is 64.6 Å². The number of halogens is 6. The van der Waals surface area contributed by atoms with Crippen molar-refractivity contribution < 1.29 is 45.4 Å². The molecule has 0 bridgehead atoms.